The Morgan fingerprint density at radius 2 is 1.75 bits per heavy atom. The van der Waals surface area contributed by atoms with Crippen LogP contribution in [0.3, 0.4) is 0 Å². The largest absolute Gasteiger partial charge is 0.325 e. The van der Waals surface area contributed by atoms with E-state index in [0.29, 0.717) is 23.6 Å². The average Bonchev–Trinajstić information content (AvgIpc) is 2.75. The summed E-state index contributed by atoms with van der Waals surface area (Å²) in [6.07, 6.45) is 1.23. The molecular weight excluding hydrogens is 454 g/mol. The Kier molecular flexibility index (Phi) is 7.02. The second-order valence-corrected chi connectivity index (χ2v) is 10.1. The van der Waals surface area contributed by atoms with E-state index in [1.165, 1.54) is 31.3 Å². The van der Waals surface area contributed by atoms with Crippen LogP contribution in [0.2, 0.25) is 5.02 Å². The normalized spacial score (nSPS) is 19.0. The highest BCUT2D eigenvalue weighted by Crippen LogP contribution is 2.36. The van der Waals surface area contributed by atoms with Crippen molar-refractivity contribution in [2.45, 2.75) is 36.5 Å². The summed E-state index contributed by atoms with van der Waals surface area (Å²) >= 11 is 5.80. The highest BCUT2D eigenvalue weighted by Gasteiger charge is 2.42. The number of hydrogen-bond donors (Lipinski definition) is 2. The van der Waals surface area contributed by atoms with Crippen molar-refractivity contribution in [2.24, 2.45) is 0 Å². The van der Waals surface area contributed by atoms with E-state index in [4.69, 9.17) is 11.6 Å². The number of anilines is 1. The molecule has 0 bridgehead atoms. The third-order valence-corrected chi connectivity index (χ3v) is 7.75. The highest BCUT2D eigenvalue weighted by atomic mass is 35.5. The molecule has 10 heteroatoms. The Morgan fingerprint density at radius 3 is 2.31 bits per heavy atom. The molecule has 170 valence electrons. The number of halogens is 1. The number of likely N-dealkylation sites (N-methyl/N-ethyl adjacent to an activating group) is 1. The zero-order valence-electron chi connectivity index (χ0n) is 17.7. The molecule has 1 fully saturated rings. The second-order valence-electron chi connectivity index (χ2n) is 7.65. The van der Waals surface area contributed by atoms with Gasteiger partial charge >= 0.3 is 0 Å². The molecule has 8 nitrogen and oxygen atoms in total. The van der Waals surface area contributed by atoms with E-state index < -0.39 is 21.3 Å². The minimum absolute atomic E-state index is 0.0376. The molecule has 2 N–H and O–H groups in total. The molecule has 1 heterocycles. The Morgan fingerprint density at radius 1 is 1.12 bits per heavy atom. The molecule has 0 aromatic heterocycles. The van der Waals surface area contributed by atoms with Crippen molar-refractivity contribution in [3.63, 3.8) is 0 Å². The van der Waals surface area contributed by atoms with E-state index in [2.05, 4.69) is 10.6 Å². The van der Waals surface area contributed by atoms with Crippen LogP contribution in [0, 0.1) is 0 Å². The number of carbonyl (C=O) groups excluding carboxylic acids is 3. The molecule has 1 aliphatic rings. The van der Waals surface area contributed by atoms with Crippen LogP contribution in [0.1, 0.15) is 31.7 Å². The van der Waals surface area contributed by atoms with Gasteiger partial charge in [-0.25, -0.2) is 8.42 Å². The van der Waals surface area contributed by atoms with Crippen LogP contribution in [0.15, 0.2) is 53.4 Å². The molecule has 1 unspecified atom stereocenters. The van der Waals surface area contributed by atoms with Crippen LogP contribution in [0.5, 0.6) is 0 Å². The van der Waals surface area contributed by atoms with Crippen LogP contribution in [-0.2, 0) is 29.8 Å². The monoisotopic (exact) mass is 477 g/mol. The molecule has 3 rings (SSSR count). The van der Waals surface area contributed by atoms with Crippen molar-refractivity contribution in [2.75, 3.05) is 18.9 Å². The minimum Gasteiger partial charge on any atom is -0.325 e. The molecule has 1 saturated heterocycles. The molecule has 32 heavy (non-hydrogen) atoms. The van der Waals surface area contributed by atoms with Gasteiger partial charge in [0.1, 0.15) is 0 Å². The zero-order chi connectivity index (χ0) is 23.5. The van der Waals surface area contributed by atoms with Crippen LogP contribution < -0.4 is 10.6 Å². The van der Waals surface area contributed by atoms with Crippen molar-refractivity contribution in [1.29, 1.82) is 0 Å². The summed E-state index contributed by atoms with van der Waals surface area (Å²) in [7, 11) is -2.52. The van der Waals surface area contributed by atoms with Gasteiger partial charge in [-0.3, -0.25) is 19.7 Å². The van der Waals surface area contributed by atoms with Crippen LogP contribution in [-0.4, -0.2) is 44.0 Å². The summed E-state index contributed by atoms with van der Waals surface area (Å²) in [6.45, 7) is 1.51. The number of piperidine rings is 1. The third-order valence-electron chi connectivity index (χ3n) is 5.68. The molecule has 0 saturated carbocycles. The summed E-state index contributed by atoms with van der Waals surface area (Å²) in [5.41, 5.74) is 0.434. The molecular formula is C22H24ClN3O5S. The van der Waals surface area contributed by atoms with Crippen LogP contribution in [0.4, 0.5) is 5.69 Å². The topological polar surface area (TPSA) is 113 Å². The lowest BCUT2D eigenvalue weighted by Crippen LogP contribution is -2.51. The second kappa shape index (κ2) is 9.40. The Bertz CT molecular complexity index is 1130. The number of amides is 3. The minimum atomic E-state index is -3.84. The first-order valence-corrected chi connectivity index (χ1v) is 11.9. The van der Waals surface area contributed by atoms with E-state index in [0.717, 1.165) is 9.87 Å². The van der Waals surface area contributed by atoms with Gasteiger partial charge in [-0.05, 0) is 54.8 Å². The summed E-state index contributed by atoms with van der Waals surface area (Å²) in [6, 6.07) is 12.5. The first-order chi connectivity index (χ1) is 15.1. The van der Waals surface area contributed by atoms with Crippen molar-refractivity contribution >= 4 is 45.0 Å². The van der Waals surface area contributed by atoms with E-state index >= 15 is 0 Å². The fourth-order valence-corrected chi connectivity index (χ4v) is 4.97. The molecule has 2 aromatic rings. The summed E-state index contributed by atoms with van der Waals surface area (Å²) < 4.78 is 26.2. The van der Waals surface area contributed by atoms with Crippen LogP contribution in [0.25, 0.3) is 0 Å². The predicted octanol–water partition coefficient (Wildman–Crippen LogP) is 2.68. The summed E-state index contributed by atoms with van der Waals surface area (Å²) in [5, 5.41) is 5.48. The van der Waals surface area contributed by atoms with E-state index in [1.807, 2.05) is 6.92 Å². The van der Waals surface area contributed by atoms with Gasteiger partial charge in [0.15, 0.2) is 0 Å². The van der Waals surface area contributed by atoms with Crippen LogP contribution >= 0.6 is 11.6 Å². The van der Waals surface area contributed by atoms with Crippen molar-refractivity contribution in [1.82, 2.24) is 9.62 Å². The number of nitrogens with one attached hydrogen (secondary N) is 2. The number of imide groups is 1. The highest BCUT2D eigenvalue weighted by molar-refractivity contribution is 7.89. The van der Waals surface area contributed by atoms with E-state index in [9.17, 15) is 22.8 Å². The quantitative estimate of drug-likeness (QED) is 0.595. The van der Waals surface area contributed by atoms with Gasteiger partial charge in [0.05, 0.1) is 16.9 Å². The number of carbonyl (C=O) groups is 3. The smallest absolute Gasteiger partial charge is 0.243 e. The van der Waals surface area contributed by atoms with Gasteiger partial charge in [-0.1, -0.05) is 30.7 Å². The van der Waals surface area contributed by atoms with Crippen molar-refractivity contribution < 1.29 is 22.8 Å². The number of rotatable bonds is 7. The fraction of sp³-hybridized carbons (Fsp3) is 0.318. The zero-order valence-corrected chi connectivity index (χ0v) is 19.3. The third kappa shape index (κ3) is 4.85. The predicted molar refractivity (Wildman–Crippen MR) is 121 cm³/mol. The SMILES string of the molecule is CCC1(c2ccc(NC(=O)CN(C)S(=O)(=O)c3ccc(Cl)cc3)cc2)CCC(=O)NC1=O. The molecule has 1 aliphatic heterocycles. The molecule has 1 atom stereocenters. The first-order valence-electron chi connectivity index (χ1n) is 10.0. The number of benzene rings is 2. The molecule has 0 spiro atoms. The standard InChI is InChI=1S/C22H24ClN3O5S/c1-3-22(13-12-19(27)25-21(22)29)15-4-8-17(9-5-15)24-20(28)14-26(2)32(30,31)18-10-6-16(23)7-11-18/h4-11H,3,12-14H2,1-2H3,(H,24,28)(H,25,27,29). The van der Waals surface area contributed by atoms with Crippen molar-refractivity contribution in [3.05, 3.63) is 59.1 Å². The maximum Gasteiger partial charge on any atom is 0.243 e. The number of sulfonamides is 1. The fourth-order valence-electron chi connectivity index (χ4n) is 3.71. The lowest BCUT2D eigenvalue weighted by Gasteiger charge is -2.35. The average molecular weight is 478 g/mol. The number of nitrogens with zero attached hydrogens (tertiary/aromatic N) is 1. The molecule has 0 aliphatic carbocycles. The molecule has 2 aromatic carbocycles. The van der Waals surface area contributed by atoms with Gasteiger partial charge in [0.25, 0.3) is 0 Å². The van der Waals surface area contributed by atoms with Gasteiger partial charge in [0, 0.05) is 24.2 Å². The van der Waals surface area contributed by atoms with Crippen molar-refractivity contribution in [3.8, 4) is 0 Å². The summed E-state index contributed by atoms with van der Waals surface area (Å²) in [5.74, 6) is -1.10. The first kappa shape index (κ1) is 23.9. The number of hydrogen-bond acceptors (Lipinski definition) is 5. The Balaban J connectivity index is 1.67. The van der Waals surface area contributed by atoms with Gasteiger partial charge in [0.2, 0.25) is 27.7 Å². The summed E-state index contributed by atoms with van der Waals surface area (Å²) in [4.78, 5) is 36.5. The van der Waals surface area contributed by atoms with Gasteiger partial charge in [-0.15, -0.1) is 0 Å². The maximum absolute atomic E-state index is 12.6. The van der Waals surface area contributed by atoms with Gasteiger partial charge < -0.3 is 5.32 Å². The molecule has 0 radical (unpaired) electrons. The van der Waals surface area contributed by atoms with E-state index in [-0.39, 0.29) is 29.7 Å². The Labute approximate surface area is 192 Å². The van der Waals surface area contributed by atoms with E-state index in [1.54, 1.807) is 24.3 Å². The maximum atomic E-state index is 12.6. The lowest BCUT2D eigenvalue weighted by molar-refractivity contribution is -0.138. The lowest BCUT2D eigenvalue weighted by atomic mass is 9.72. The molecule has 3 amide bonds. The Hall–Kier alpha value is -2.75. The van der Waals surface area contributed by atoms with Gasteiger partial charge in [-0.2, -0.15) is 4.31 Å².